The first kappa shape index (κ1) is 17.7. The van der Waals surface area contributed by atoms with E-state index in [1.54, 1.807) is 0 Å². The molecule has 1 saturated heterocycles. The van der Waals surface area contributed by atoms with Gasteiger partial charge in [-0.2, -0.15) is 5.26 Å². The van der Waals surface area contributed by atoms with Gasteiger partial charge in [0, 0.05) is 12.6 Å². The van der Waals surface area contributed by atoms with Crippen molar-refractivity contribution >= 4 is 22.4 Å². The number of nitriles is 1. The maximum absolute atomic E-state index is 12.3. The maximum atomic E-state index is 12.3. The summed E-state index contributed by atoms with van der Waals surface area (Å²) >= 11 is 0. The molecule has 21 heavy (non-hydrogen) atoms. The number of nitrogens with zero attached hydrogens (tertiary/aromatic N) is 1. The van der Waals surface area contributed by atoms with Crippen molar-refractivity contribution in [2.45, 2.75) is 23.8 Å². The third-order valence-electron chi connectivity index (χ3n) is 3.26. The van der Waals surface area contributed by atoms with E-state index in [0.717, 1.165) is 19.4 Å². The van der Waals surface area contributed by atoms with Gasteiger partial charge in [-0.05, 0) is 37.6 Å². The monoisotopic (exact) mass is 331 g/mol. The van der Waals surface area contributed by atoms with Crippen molar-refractivity contribution in [2.24, 2.45) is 0 Å². The Morgan fingerprint density at radius 1 is 1.52 bits per heavy atom. The fourth-order valence-electron chi connectivity index (χ4n) is 2.18. The van der Waals surface area contributed by atoms with Crippen molar-refractivity contribution in [1.29, 1.82) is 5.26 Å². The van der Waals surface area contributed by atoms with E-state index in [1.165, 1.54) is 25.3 Å². The van der Waals surface area contributed by atoms with Gasteiger partial charge in [0.2, 0.25) is 10.0 Å². The van der Waals surface area contributed by atoms with Crippen molar-refractivity contribution < 1.29 is 13.2 Å². The molecule has 1 unspecified atom stereocenters. The number of halogens is 1. The number of hydrogen-bond donors (Lipinski definition) is 2. The second-order valence-electron chi connectivity index (χ2n) is 4.62. The average Bonchev–Trinajstić information content (AvgIpc) is 2.97. The molecule has 1 fully saturated rings. The number of nitrogens with one attached hydrogen (secondary N) is 2. The van der Waals surface area contributed by atoms with Gasteiger partial charge in [-0.25, -0.2) is 13.1 Å². The summed E-state index contributed by atoms with van der Waals surface area (Å²) in [5.41, 5.74) is 0.359. The summed E-state index contributed by atoms with van der Waals surface area (Å²) in [6.45, 7) is 1.28. The van der Waals surface area contributed by atoms with Gasteiger partial charge in [-0.3, -0.25) is 0 Å². The van der Waals surface area contributed by atoms with Crippen molar-refractivity contribution in [3.05, 3.63) is 23.8 Å². The minimum atomic E-state index is -3.64. The van der Waals surface area contributed by atoms with E-state index in [9.17, 15) is 8.42 Å². The molecule has 0 radical (unpaired) electrons. The summed E-state index contributed by atoms with van der Waals surface area (Å²) in [6, 6.07) is 6.40. The molecule has 1 aromatic carbocycles. The van der Waals surface area contributed by atoms with Crippen molar-refractivity contribution in [3.8, 4) is 11.8 Å². The molecule has 6 nitrogen and oxygen atoms in total. The molecular formula is C13H18ClN3O3S. The van der Waals surface area contributed by atoms with Crippen LogP contribution < -0.4 is 14.8 Å². The highest BCUT2D eigenvalue weighted by molar-refractivity contribution is 7.89. The fraction of sp³-hybridized carbons (Fsp3) is 0.462. The molecule has 1 aliphatic rings. The van der Waals surface area contributed by atoms with Gasteiger partial charge in [-0.1, -0.05) is 0 Å². The number of ether oxygens (including phenoxy) is 1. The Bertz CT molecular complexity index is 622. The van der Waals surface area contributed by atoms with Crippen LogP contribution in [0.3, 0.4) is 0 Å². The quantitative estimate of drug-likeness (QED) is 0.840. The third kappa shape index (κ3) is 4.32. The van der Waals surface area contributed by atoms with Crippen LogP contribution in [0.4, 0.5) is 0 Å². The molecule has 0 bridgehead atoms. The van der Waals surface area contributed by atoms with Crippen LogP contribution >= 0.6 is 12.4 Å². The van der Waals surface area contributed by atoms with Crippen LogP contribution in [0.1, 0.15) is 18.4 Å². The molecule has 2 N–H and O–H groups in total. The van der Waals surface area contributed by atoms with E-state index in [1.807, 2.05) is 6.07 Å². The van der Waals surface area contributed by atoms with Crippen molar-refractivity contribution in [3.63, 3.8) is 0 Å². The molecule has 8 heteroatoms. The van der Waals surface area contributed by atoms with Gasteiger partial charge in [-0.15, -0.1) is 12.4 Å². The van der Waals surface area contributed by atoms with Crippen LogP contribution in [0, 0.1) is 11.3 Å². The van der Waals surface area contributed by atoms with Crippen LogP contribution in [0.5, 0.6) is 5.75 Å². The zero-order valence-electron chi connectivity index (χ0n) is 11.6. The molecule has 2 rings (SSSR count). The predicted molar refractivity (Wildman–Crippen MR) is 81.2 cm³/mol. The normalized spacial score (nSPS) is 17.8. The van der Waals surface area contributed by atoms with E-state index < -0.39 is 10.0 Å². The summed E-state index contributed by atoms with van der Waals surface area (Å²) in [4.78, 5) is 0.0528. The molecule has 0 aliphatic carbocycles. The van der Waals surface area contributed by atoms with E-state index in [-0.39, 0.29) is 29.1 Å². The first-order chi connectivity index (χ1) is 9.56. The SMILES string of the molecule is COc1cc(C#N)ccc1S(=O)(=O)NCC1CCCN1.Cl. The van der Waals surface area contributed by atoms with Crippen LogP contribution in [0.2, 0.25) is 0 Å². The Morgan fingerprint density at radius 2 is 2.29 bits per heavy atom. The molecule has 0 amide bonds. The highest BCUT2D eigenvalue weighted by Gasteiger charge is 2.22. The molecule has 1 heterocycles. The minimum absolute atomic E-state index is 0. The van der Waals surface area contributed by atoms with Gasteiger partial charge in [0.05, 0.1) is 18.7 Å². The lowest BCUT2D eigenvalue weighted by Gasteiger charge is -2.14. The third-order valence-corrected chi connectivity index (χ3v) is 4.73. The van der Waals surface area contributed by atoms with Crippen LogP contribution in [-0.2, 0) is 10.0 Å². The molecular weight excluding hydrogens is 314 g/mol. The summed E-state index contributed by atoms with van der Waals surface area (Å²) in [6.07, 6.45) is 2.03. The first-order valence-corrected chi connectivity index (χ1v) is 7.86. The Morgan fingerprint density at radius 3 is 2.86 bits per heavy atom. The molecule has 1 aliphatic heterocycles. The number of benzene rings is 1. The standard InChI is InChI=1S/C13H17N3O3S.ClH/c1-19-12-7-10(8-14)4-5-13(12)20(17,18)16-9-11-3-2-6-15-11;/h4-5,7,11,15-16H,2-3,6,9H2,1H3;1H. The van der Waals surface area contributed by atoms with Gasteiger partial charge in [0.15, 0.2) is 0 Å². The lowest BCUT2D eigenvalue weighted by molar-refractivity contribution is 0.402. The Balaban J connectivity index is 0.00000220. The molecule has 1 aromatic rings. The van der Waals surface area contributed by atoms with Gasteiger partial charge in [0.25, 0.3) is 0 Å². The maximum Gasteiger partial charge on any atom is 0.244 e. The number of hydrogen-bond acceptors (Lipinski definition) is 5. The molecule has 116 valence electrons. The lowest BCUT2D eigenvalue weighted by atomic mass is 10.2. The lowest BCUT2D eigenvalue weighted by Crippen LogP contribution is -2.37. The molecule has 0 saturated carbocycles. The second-order valence-corrected chi connectivity index (χ2v) is 6.36. The predicted octanol–water partition coefficient (Wildman–Crippen LogP) is 1.02. The van der Waals surface area contributed by atoms with Gasteiger partial charge >= 0.3 is 0 Å². The summed E-state index contributed by atoms with van der Waals surface area (Å²) in [7, 11) is -2.26. The van der Waals surface area contributed by atoms with Crippen molar-refractivity contribution in [2.75, 3.05) is 20.2 Å². The van der Waals surface area contributed by atoms with Crippen LogP contribution in [0.15, 0.2) is 23.1 Å². The highest BCUT2D eigenvalue weighted by Crippen LogP contribution is 2.24. The molecule has 0 aromatic heterocycles. The van der Waals surface area contributed by atoms with E-state index in [0.29, 0.717) is 12.1 Å². The minimum Gasteiger partial charge on any atom is -0.495 e. The zero-order chi connectivity index (χ0) is 14.6. The number of sulfonamides is 1. The van der Waals surface area contributed by atoms with E-state index in [4.69, 9.17) is 10.00 Å². The first-order valence-electron chi connectivity index (χ1n) is 6.38. The smallest absolute Gasteiger partial charge is 0.244 e. The number of methoxy groups -OCH3 is 1. The average molecular weight is 332 g/mol. The van der Waals surface area contributed by atoms with E-state index >= 15 is 0 Å². The largest absolute Gasteiger partial charge is 0.495 e. The van der Waals surface area contributed by atoms with Gasteiger partial charge in [0.1, 0.15) is 10.6 Å². The molecule has 0 spiro atoms. The van der Waals surface area contributed by atoms with Crippen LogP contribution in [0.25, 0.3) is 0 Å². The van der Waals surface area contributed by atoms with Gasteiger partial charge < -0.3 is 10.1 Å². The number of rotatable bonds is 5. The topological polar surface area (TPSA) is 91.2 Å². The Labute approximate surface area is 130 Å². The van der Waals surface area contributed by atoms with E-state index in [2.05, 4.69) is 10.0 Å². The zero-order valence-corrected chi connectivity index (χ0v) is 13.3. The highest BCUT2D eigenvalue weighted by atomic mass is 35.5. The van der Waals surface area contributed by atoms with Crippen molar-refractivity contribution in [1.82, 2.24) is 10.0 Å². The Kier molecular flexibility index (Phi) is 6.42. The fourth-order valence-corrected chi connectivity index (χ4v) is 3.41. The van der Waals surface area contributed by atoms with Crippen LogP contribution in [-0.4, -0.2) is 34.7 Å². The second kappa shape index (κ2) is 7.61. The summed E-state index contributed by atoms with van der Waals surface area (Å²) in [5, 5.41) is 12.0. The summed E-state index contributed by atoms with van der Waals surface area (Å²) < 4.78 is 32.2. The summed E-state index contributed by atoms with van der Waals surface area (Å²) in [5.74, 6) is 0.177. The molecule has 1 atom stereocenters. The Hall–Kier alpha value is -1.33.